The van der Waals surface area contributed by atoms with Gasteiger partial charge < -0.3 is 9.47 Å². The van der Waals surface area contributed by atoms with Crippen molar-refractivity contribution in [2.75, 3.05) is 12.4 Å². The number of aromatic nitrogens is 3. The zero-order valence-electron chi connectivity index (χ0n) is 12.8. The molecule has 8 heteroatoms. The molecule has 7 nitrogen and oxygen atoms in total. The van der Waals surface area contributed by atoms with E-state index in [4.69, 9.17) is 9.47 Å². The van der Waals surface area contributed by atoms with Crippen LogP contribution in [0.5, 0.6) is 11.5 Å². The molecule has 122 valence electrons. The highest BCUT2D eigenvalue weighted by Crippen LogP contribution is 2.29. The molecule has 24 heavy (non-hydrogen) atoms. The molecule has 1 aromatic carbocycles. The molecule has 0 spiro atoms. The minimum Gasteiger partial charge on any atom is -0.493 e. The lowest BCUT2D eigenvalue weighted by atomic mass is 10.2. The van der Waals surface area contributed by atoms with Gasteiger partial charge in [-0.15, -0.1) is 10.2 Å². The predicted molar refractivity (Wildman–Crippen MR) is 89.4 cm³/mol. The van der Waals surface area contributed by atoms with Crippen molar-refractivity contribution >= 4 is 22.4 Å². The lowest BCUT2D eigenvalue weighted by Crippen LogP contribution is -2.12. The molecule has 0 saturated carbocycles. The summed E-state index contributed by atoms with van der Waals surface area (Å²) in [6.45, 7) is 0.348. The fourth-order valence-corrected chi connectivity index (χ4v) is 2.41. The van der Waals surface area contributed by atoms with Crippen molar-refractivity contribution in [2.24, 2.45) is 0 Å². The molecule has 0 aliphatic rings. The van der Waals surface area contributed by atoms with Crippen LogP contribution in [0, 0.1) is 0 Å². The van der Waals surface area contributed by atoms with Crippen LogP contribution in [-0.2, 0) is 6.61 Å². The number of ether oxygens (including phenoxy) is 2. The molecular formula is C16H14N4O3S. The van der Waals surface area contributed by atoms with Crippen molar-refractivity contribution in [2.45, 2.75) is 6.61 Å². The number of carbonyl (C=O) groups excluding carboxylic acids is 1. The molecule has 0 atom stereocenters. The van der Waals surface area contributed by atoms with Crippen molar-refractivity contribution in [1.82, 2.24) is 15.2 Å². The summed E-state index contributed by atoms with van der Waals surface area (Å²) in [4.78, 5) is 16.2. The highest BCUT2D eigenvalue weighted by Gasteiger charge is 2.13. The fourth-order valence-electron chi connectivity index (χ4n) is 1.97. The first-order valence-corrected chi connectivity index (χ1v) is 7.91. The Hall–Kier alpha value is -3.00. The van der Waals surface area contributed by atoms with Crippen LogP contribution in [-0.4, -0.2) is 28.2 Å². The second kappa shape index (κ2) is 7.51. The summed E-state index contributed by atoms with van der Waals surface area (Å²) in [6.07, 6.45) is 3.39. The summed E-state index contributed by atoms with van der Waals surface area (Å²) in [5.74, 6) is 0.749. The summed E-state index contributed by atoms with van der Waals surface area (Å²) in [5.41, 5.74) is 2.96. The third kappa shape index (κ3) is 3.85. The molecule has 3 rings (SSSR count). The van der Waals surface area contributed by atoms with E-state index < -0.39 is 0 Å². The van der Waals surface area contributed by atoms with Crippen LogP contribution >= 0.6 is 11.3 Å². The molecule has 0 unspecified atom stereocenters. The van der Waals surface area contributed by atoms with Gasteiger partial charge in [-0.25, -0.2) is 0 Å². The lowest BCUT2D eigenvalue weighted by Gasteiger charge is -2.12. The summed E-state index contributed by atoms with van der Waals surface area (Å²) in [7, 11) is 1.55. The Bertz CT molecular complexity index is 809. The number of hydrogen-bond donors (Lipinski definition) is 1. The van der Waals surface area contributed by atoms with Crippen LogP contribution in [0.2, 0.25) is 0 Å². The second-order valence-corrected chi connectivity index (χ2v) is 5.54. The standard InChI is InChI=1S/C16H14N4O3S/c1-22-13-3-2-12(15(21)19-16-20-18-10-24-16)8-14(13)23-9-11-4-6-17-7-5-11/h2-8,10H,9H2,1H3,(H,19,20,21). The van der Waals surface area contributed by atoms with Gasteiger partial charge >= 0.3 is 0 Å². The van der Waals surface area contributed by atoms with E-state index in [9.17, 15) is 4.79 Å². The van der Waals surface area contributed by atoms with Gasteiger partial charge in [-0.05, 0) is 35.9 Å². The summed E-state index contributed by atoms with van der Waals surface area (Å²) >= 11 is 1.25. The topological polar surface area (TPSA) is 86.2 Å². The predicted octanol–water partition coefficient (Wildman–Crippen LogP) is 2.77. The number of hydrogen-bond acceptors (Lipinski definition) is 7. The average molecular weight is 342 g/mol. The van der Waals surface area contributed by atoms with Gasteiger partial charge in [0.15, 0.2) is 11.5 Å². The molecule has 0 aliphatic heterocycles. The van der Waals surface area contributed by atoms with Crippen LogP contribution in [0.1, 0.15) is 15.9 Å². The van der Waals surface area contributed by atoms with Crippen molar-refractivity contribution in [3.63, 3.8) is 0 Å². The Labute approximate surface area is 142 Å². The third-order valence-corrected chi connectivity index (χ3v) is 3.76. The van der Waals surface area contributed by atoms with Crippen LogP contribution in [0.4, 0.5) is 5.13 Å². The quantitative estimate of drug-likeness (QED) is 0.741. The maximum atomic E-state index is 12.3. The smallest absolute Gasteiger partial charge is 0.257 e. The number of pyridine rings is 1. The molecule has 2 heterocycles. The molecule has 0 aliphatic carbocycles. The SMILES string of the molecule is COc1ccc(C(=O)Nc2nncs2)cc1OCc1ccncc1. The monoisotopic (exact) mass is 342 g/mol. The largest absolute Gasteiger partial charge is 0.493 e. The van der Waals surface area contributed by atoms with Crippen LogP contribution in [0.25, 0.3) is 0 Å². The summed E-state index contributed by atoms with van der Waals surface area (Å²) in [6, 6.07) is 8.71. The van der Waals surface area contributed by atoms with Crippen LogP contribution in [0.3, 0.4) is 0 Å². The number of methoxy groups -OCH3 is 1. The number of benzene rings is 1. The minimum atomic E-state index is -0.289. The molecule has 0 saturated heterocycles. The number of carbonyl (C=O) groups is 1. The summed E-state index contributed by atoms with van der Waals surface area (Å²) < 4.78 is 11.1. The van der Waals surface area contributed by atoms with Gasteiger partial charge in [0.1, 0.15) is 12.1 Å². The van der Waals surface area contributed by atoms with E-state index in [1.54, 1.807) is 43.2 Å². The lowest BCUT2D eigenvalue weighted by molar-refractivity contribution is 0.102. The first-order valence-electron chi connectivity index (χ1n) is 7.03. The van der Waals surface area contributed by atoms with Gasteiger partial charge in [0, 0.05) is 18.0 Å². The molecule has 1 N–H and O–H groups in total. The fraction of sp³-hybridized carbons (Fsp3) is 0.125. The van der Waals surface area contributed by atoms with E-state index in [2.05, 4.69) is 20.5 Å². The molecule has 0 radical (unpaired) electrons. The highest BCUT2D eigenvalue weighted by atomic mass is 32.1. The van der Waals surface area contributed by atoms with Gasteiger partial charge in [-0.3, -0.25) is 15.1 Å². The van der Waals surface area contributed by atoms with Crippen LogP contribution in [0.15, 0.2) is 48.2 Å². The number of rotatable bonds is 6. The molecular weight excluding hydrogens is 328 g/mol. The Morgan fingerprint density at radius 2 is 2.04 bits per heavy atom. The van der Waals surface area contributed by atoms with E-state index in [0.29, 0.717) is 28.8 Å². The minimum absolute atomic E-state index is 0.289. The van der Waals surface area contributed by atoms with E-state index in [-0.39, 0.29) is 5.91 Å². The van der Waals surface area contributed by atoms with Crippen LogP contribution < -0.4 is 14.8 Å². The highest BCUT2D eigenvalue weighted by molar-refractivity contribution is 7.13. The van der Waals surface area contributed by atoms with E-state index in [1.807, 2.05) is 12.1 Å². The van der Waals surface area contributed by atoms with Crippen molar-refractivity contribution in [1.29, 1.82) is 0 Å². The number of nitrogens with zero attached hydrogens (tertiary/aromatic N) is 3. The van der Waals surface area contributed by atoms with Crippen molar-refractivity contribution < 1.29 is 14.3 Å². The van der Waals surface area contributed by atoms with Gasteiger partial charge in [-0.1, -0.05) is 11.3 Å². The maximum absolute atomic E-state index is 12.3. The number of anilines is 1. The molecule has 0 fully saturated rings. The first kappa shape index (κ1) is 15.9. The van der Waals surface area contributed by atoms with Crippen molar-refractivity contribution in [3.8, 4) is 11.5 Å². The van der Waals surface area contributed by atoms with E-state index in [0.717, 1.165) is 5.56 Å². The van der Waals surface area contributed by atoms with Gasteiger partial charge in [0.25, 0.3) is 5.91 Å². The van der Waals surface area contributed by atoms with Gasteiger partial charge in [0.2, 0.25) is 5.13 Å². The first-order chi connectivity index (χ1) is 11.8. The maximum Gasteiger partial charge on any atom is 0.257 e. The Balaban J connectivity index is 1.76. The number of amides is 1. The zero-order chi connectivity index (χ0) is 16.8. The molecule has 1 amide bonds. The normalized spacial score (nSPS) is 10.2. The Morgan fingerprint density at radius 3 is 2.75 bits per heavy atom. The molecule has 3 aromatic rings. The number of nitrogens with one attached hydrogen (secondary N) is 1. The third-order valence-electron chi connectivity index (χ3n) is 3.15. The summed E-state index contributed by atoms with van der Waals surface area (Å²) in [5, 5.41) is 10.6. The second-order valence-electron chi connectivity index (χ2n) is 4.71. The van der Waals surface area contributed by atoms with E-state index >= 15 is 0 Å². The van der Waals surface area contributed by atoms with Gasteiger partial charge in [0.05, 0.1) is 7.11 Å². The average Bonchev–Trinajstić information content (AvgIpc) is 3.13. The van der Waals surface area contributed by atoms with Gasteiger partial charge in [-0.2, -0.15) is 0 Å². The van der Waals surface area contributed by atoms with Crippen molar-refractivity contribution in [3.05, 3.63) is 59.4 Å². The zero-order valence-corrected chi connectivity index (χ0v) is 13.6. The molecule has 0 bridgehead atoms. The van der Waals surface area contributed by atoms with E-state index in [1.165, 1.54) is 11.3 Å². The Morgan fingerprint density at radius 1 is 1.21 bits per heavy atom. The Kier molecular flexibility index (Phi) is 4.97. The molecule has 2 aromatic heterocycles.